The minimum atomic E-state index is -3.99. The van der Waals surface area contributed by atoms with Crippen LogP contribution < -0.4 is 9.62 Å². The molecule has 0 radical (unpaired) electrons. The van der Waals surface area contributed by atoms with Gasteiger partial charge in [-0.15, -0.1) is 0 Å². The predicted molar refractivity (Wildman–Crippen MR) is 115 cm³/mol. The lowest BCUT2D eigenvalue weighted by atomic mass is 10.1. The fraction of sp³-hybridized carbons (Fsp3) is 0.143. The van der Waals surface area contributed by atoms with Gasteiger partial charge in [-0.3, -0.25) is 14.1 Å². The van der Waals surface area contributed by atoms with Crippen molar-refractivity contribution in [1.82, 2.24) is 4.98 Å². The summed E-state index contributed by atoms with van der Waals surface area (Å²) in [6.07, 6.45) is 3.08. The maximum absolute atomic E-state index is 13.3. The lowest BCUT2D eigenvalue weighted by molar-refractivity contribution is -0.114. The van der Waals surface area contributed by atoms with Crippen LogP contribution in [0, 0.1) is 13.8 Å². The van der Waals surface area contributed by atoms with Gasteiger partial charge >= 0.3 is 0 Å². The fourth-order valence-corrected chi connectivity index (χ4v) is 4.24. The molecule has 0 aliphatic carbocycles. The summed E-state index contributed by atoms with van der Waals surface area (Å²) in [5.74, 6) is -0.478. The number of amides is 1. The number of hydrogen-bond donors (Lipinski definition) is 1. The largest absolute Gasteiger partial charge is 0.323 e. The van der Waals surface area contributed by atoms with Gasteiger partial charge in [-0.1, -0.05) is 17.7 Å². The van der Waals surface area contributed by atoms with E-state index >= 15 is 0 Å². The molecule has 3 rings (SSSR count). The van der Waals surface area contributed by atoms with Crippen LogP contribution in [0.1, 0.15) is 11.1 Å². The van der Waals surface area contributed by atoms with Crippen LogP contribution in [0.15, 0.2) is 71.9 Å². The zero-order chi connectivity index (χ0) is 21.0. The molecule has 0 atom stereocenters. The van der Waals surface area contributed by atoms with Crippen molar-refractivity contribution in [3.63, 3.8) is 0 Å². The second-order valence-corrected chi connectivity index (χ2v) is 8.82. The van der Waals surface area contributed by atoms with Gasteiger partial charge in [0.25, 0.3) is 10.0 Å². The number of halogens is 1. The zero-order valence-electron chi connectivity index (χ0n) is 16.0. The third-order valence-corrected chi connectivity index (χ3v) is 6.45. The Morgan fingerprint density at radius 1 is 1.07 bits per heavy atom. The van der Waals surface area contributed by atoms with Gasteiger partial charge in [0.2, 0.25) is 5.91 Å². The van der Waals surface area contributed by atoms with Crippen molar-refractivity contribution in [1.29, 1.82) is 0 Å². The van der Waals surface area contributed by atoms with E-state index in [4.69, 9.17) is 11.6 Å². The average molecular weight is 430 g/mol. The molecule has 0 saturated heterocycles. The van der Waals surface area contributed by atoms with Crippen LogP contribution in [0.3, 0.4) is 0 Å². The molecule has 0 bridgehead atoms. The van der Waals surface area contributed by atoms with E-state index in [1.165, 1.54) is 30.5 Å². The standard InChI is InChI=1S/C21H20ClN3O3S/c1-15-5-8-19(12-16(15)2)25(14-21(26)24-18-4-3-11-23-13-18)29(27,28)20-9-6-17(22)7-10-20/h3-13H,14H2,1-2H3,(H,24,26). The van der Waals surface area contributed by atoms with Crippen LogP contribution in [0.4, 0.5) is 11.4 Å². The zero-order valence-corrected chi connectivity index (χ0v) is 17.5. The molecule has 8 heteroatoms. The van der Waals surface area contributed by atoms with Crippen LogP contribution in [0.5, 0.6) is 0 Å². The number of hydrogen-bond acceptors (Lipinski definition) is 4. The maximum Gasteiger partial charge on any atom is 0.264 e. The molecular weight excluding hydrogens is 410 g/mol. The molecule has 2 aromatic carbocycles. The summed E-state index contributed by atoms with van der Waals surface area (Å²) in [7, 11) is -3.99. The summed E-state index contributed by atoms with van der Waals surface area (Å²) in [6.45, 7) is 3.44. The smallest absolute Gasteiger partial charge is 0.264 e. The van der Waals surface area contributed by atoms with Crippen LogP contribution in [0.25, 0.3) is 0 Å². The van der Waals surface area contributed by atoms with Gasteiger partial charge in [0.1, 0.15) is 6.54 Å². The van der Waals surface area contributed by atoms with Gasteiger partial charge in [0.05, 0.1) is 22.5 Å². The predicted octanol–water partition coefficient (Wildman–Crippen LogP) is 4.19. The van der Waals surface area contributed by atoms with E-state index in [9.17, 15) is 13.2 Å². The van der Waals surface area contributed by atoms with E-state index in [-0.39, 0.29) is 11.4 Å². The highest BCUT2D eigenvalue weighted by atomic mass is 35.5. The van der Waals surface area contributed by atoms with E-state index < -0.39 is 15.9 Å². The normalized spacial score (nSPS) is 11.1. The van der Waals surface area contributed by atoms with E-state index in [0.29, 0.717) is 16.4 Å². The van der Waals surface area contributed by atoms with Gasteiger partial charge in [-0.25, -0.2) is 8.42 Å². The molecule has 1 amide bonds. The number of nitrogens with one attached hydrogen (secondary N) is 1. The summed E-state index contributed by atoms with van der Waals surface area (Å²) >= 11 is 5.89. The highest BCUT2D eigenvalue weighted by Crippen LogP contribution is 2.26. The van der Waals surface area contributed by atoms with Gasteiger partial charge in [0, 0.05) is 11.2 Å². The van der Waals surface area contributed by atoms with Gasteiger partial charge < -0.3 is 5.32 Å². The van der Waals surface area contributed by atoms with Gasteiger partial charge in [-0.05, 0) is 73.5 Å². The molecule has 1 heterocycles. The maximum atomic E-state index is 13.3. The highest BCUT2D eigenvalue weighted by molar-refractivity contribution is 7.92. The van der Waals surface area contributed by atoms with Crippen molar-refractivity contribution >= 4 is 38.9 Å². The van der Waals surface area contributed by atoms with Crippen molar-refractivity contribution in [2.75, 3.05) is 16.2 Å². The molecule has 0 aliphatic rings. The van der Waals surface area contributed by atoms with E-state index in [1.807, 2.05) is 19.9 Å². The van der Waals surface area contributed by atoms with Crippen molar-refractivity contribution in [2.24, 2.45) is 0 Å². The summed E-state index contributed by atoms with van der Waals surface area (Å²) < 4.78 is 27.7. The first-order valence-electron chi connectivity index (χ1n) is 8.83. The number of carbonyl (C=O) groups is 1. The summed E-state index contributed by atoms with van der Waals surface area (Å²) in [5.41, 5.74) is 2.84. The number of anilines is 2. The molecule has 1 N–H and O–H groups in total. The lowest BCUT2D eigenvalue weighted by Gasteiger charge is -2.25. The number of pyridine rings is 1. The van der Waals surface area contributed by atoms with Crippen LogP contribution in [0.2, 0.25) is 5.02 Å². The van der Waals surface area contributed by atoms with E-state index in [2.05, 4.69) is 10.3 Å². The Morgan fingerprint density at radius 2 is 1.79 bits per heavy atom. The SMILES string of the molecule is Cc1ccc(N(CC(=O)Nc2cccnc2)S(=O)(=O)c2ccc(Cl)cc2)cc1C. The molecule has 29 heavy (non-hydrogen) atoms. The molecule has 0 aliphatic heterocycles. The minimum Gasteiger partial charge on any atom is -0.323 e. The monoisotopic (exact) mass is 429 g/mol. The van der Waals surface area contributed by atoms with E-state index in [0.717, 1.165) is 15.4 Å². The second kappa shape index (κ2) is 8.63. The average Bonchev–Trinajstić information content (AvgIpc) is 2.69. The molecule has 0 fully saturated rings. The van der Waals surface area contributed by atoms with Crippen molar-refractivity contribution < 1.29 is 13.2 Å². The number of aromatic nitrogens is 1. The van der Waals surface area contributed by atoms with Crippen molar-refractivity contribution in [3.05, 3.63) is 83.1 Å². The molecular formula is C21H20ClN3O3S. The first-order valence-corrected chi connectivity index (χ1v) is 10.6. The van der Waals surface area contributed by atoms with E-state index in [1.54, 1.807) is 30.5 Å². The second-order valence-electron chi connectivity index (χ2n) is 6.52. The van der Waals surface area contributed by atoms with Crippen LogP contribution >= 0.6 is 11.6 Å². The third-order valence-electron chi connectivity index (χ3n) is 4.41. The summed E-state index contributed by atoms with van der Waals surface area (Å²) in [5, 5.41) is 3.10. The number of rotatable bonds is 6. The topological polar surface area (TPSA) is 79.4 Å². The Hall–Kier alpha value is -2.90. The Balaban J connectivity index is 1.98. The molecule has 0 saturated carbocycles. The Morgan fingerprint density at radius 3 is 2.41 bits per heavy atom. The quantitative estimate of drug-likeness (QED) is 0.637. The molecule has 1 aromatic heterocycles. The fourth-order valence-electron chi connectivity index (χ4n) is 2.70. The van der Waals surface area contributed by atoms with Crippen LogP contribution in [-0.4, -0.2) is 25.9 Å². The first kappa shape index (κ1) is 20.8. The molecule has 0 unspecified atom stereocenters. The number of nitrogens with zero attached hydrogens (tertiary/aromatic N) is 2. The molecule has 0 spiro atoms. The van der Waals surface area contributed by atoms with Gasteiger partial charge in [-0.2, -0.15) is 0 Å². The molecule has 6 nitrogen and oxygen atoms in total. The highest BCUT2D eigenvalue weighted by Gasteiger charge is 2.27. The van der Waals surface area contributed by atoms with Crippen molar-refractivity contribution in [2.45, 2.75) is 18.7 Å². The van der Waals surface area contributed by atoms with Gasteiger partial charge in [0.15, 0.2) is 0 Å². The summed E-state index contributed by atoms with van der Waals surface area (Å²) in [4.78, 5) is 16.6. The molecule has 3 aromatic rings. The molecule has 150 valence electrons. The Kier molecular flexibility index (Phi) is 6.20. The first-order chi connectivity index (χ1) is 13.8. The number of benzene rings is 2. The number of sulfonamides is 1. The van der Waals surface area contributed by atoms with Crippen LogP contribution in [-0.2, 0) is 14.8 Å². The Labute approximate surface area is 175 Å². The third kappa shape index (κ3) is 4.93. The number of aryl methyl sites for hydroxylation is 2. The Bertz CT molecular complexity index is 1120. The number of carbonyl (C=O) groups excluding carboxylic acids is 1. The lowest BCUT2D eigenvalue weighted by Crippen LogP contribution is -2.38. The minimum absolute atomic E-state index is 0.0503. The van der Waals surface area contributed by atoms with Crippen molar-refractivity contribution in [3.8, 4) is 0 Å². The summed E-state index contributed by atoms with van der Waals surface area (Å²) in [6, 6.07) is 14.5.